The van der Waals surface area contributed by atoms with E-state index in [0.717, 1.165) is 17.1 Å². The molecule has 0 aliphatic carbocycles. The van der Waals surface area contributed by atoms with E-state index in [2.05, 4.69) is 20.5 Å². The van der Waals surface area contributed by atoms with Crippen LogP contribution >= 0.6 is 0 Å². The number of carbonyl (C=O) groups excluding carboxylic acids is 1. The van der Waals surface area contributed by atoms with Crippen molar-refractivity contribution in [3.63, 3.8) is 0 Å². The van der Waals surface area contributed by atoms with Crippen LogP contribution in [-0.2, 0) is 11.3 Å². The van der Waals surface area contributed by atoms with Crippen molar-refractivity contribution < 1.29 is 9.53 Å². The first-order chi connectivity index (χ1) is 10.1. The van der Waals surface area contributed by atoms with Crippen LogP contribution in [0.5, 0.6) is 5.75 Å². The fourth-order valence-corrected chi connectivity index (χ4v) is 1.91. The number of nitrogens with zero attached hydrogens (tertiary/aromatic N) is 2. The van der Waals surface area contributed by atoms with Crippen LogP contribution in [0.15, 0.2) is 24.3 Å². The van der Waals surface area contributed by atoms with Gasteiger partial charge in [0.2, 0.25) is 0 Å². The van der Waals surface area contributed by atoms with Crippen LogP contribution in [0.1, 0.15) is 30.6 Å². The van der Waals surface area contributed by atoms with Gasteiger partial charge in [-0.25, -0.2) is 4.98 Å². The minimum absolute atomic E-state index is 0.164. The van der Waals surface area contributed by atoms with Crippen molar-refractivity contribution in [2.75, 3.05) is 0 Å². The van der Waals surface area contributed by atoms with Gasteiger partial charge >= 0.3 is 0 Å². The summed E-state index contributed by atoms with van der Waals surface area (Å²) in [5.41, 5.74) is 1.01. The standard InChI is InChI=1S/C15H20N4O2/c1-4-12(21-13-8-6-5-7-10(13)2)15(20)16-9-14-17-11(3)18-19-14/h5-8,12H,4,9H2,1-3H3,(H,16,20)(H,17,18,19)/t12-/m1/s1. The summed E-state index contributed by atoms with van der Waals surface area (Å²) >= 11 is 0. The third kappa shape index (κ3) is 4.05. The third-order valence-electron chi connectivity index (χ3n) is 3.09. The lowest BCUT2D eigenvalue weighted by atomic mass is 10.2. The number of aryl methyl sites for hydroxylation is 2. The highest BCUT2D eigenvalue weighted by molar-refractivity contribution is 5.81. The van der Waals surface area contributed by atoms with Crippen LogP contribution in [0.4, 0.5) is 0 Å². The van der Waals surface area contributed by atoms with E-state index in [1.54, 1.807) is 0 Å². The van der Waals surface area contributed by atoms with Gasteiger partial charge in [0.05, 0.1) is 6.54 Å². The number of H-pyrrole nitrogens is 1. The van der Waals surface area contributed by atoms with E-state index in [-0.39, 0.29) is 12.5 Å². The van der Waals surface area contributed by atoms with Crippen LogP contribution in [0.3, 0.4) is 0 Å². The second kappa shape index (κ2) is 6.88. The second-order valence-corrected chi connectivity index (χ2v) is 4.84. The Balaban J connectivity index is 1.94. The summed E-state index contributed by atoms with van der Waals surface area (Å²) in [6, 6.07) is 7.65. The summed E-state index contributed by atoms with van der Waals surface area (Å²) < 4.78 is 5.79. The first-order valence-electron chi connectivity index (χ1n) is 6.98. The van der Waals surface area contributed by atoms with Crippen LogP contribution < -0.4 is 10.1 Å². The minimum Gasteiger partial charge on any atom is -0.480 e. The van der Waals surface area contributed by atoms with Crippen LogP contribution in [0.25, 0.3) is 0 Å². The molecule has 0 aliphatic rings. The molecular formula is C15H20N4O2. The summed E-state index contributed by atoms with van der Waals surface area (Å²) in [5.74, 6) is 1.85. The molecule has 6 heteroatoms. The number of rotatable bonds is 6. The highest BCUT2D eigenvalue weighted by atomic mass is 16.5. The zero-order chi connectivity index (χ0) is 15.2. The summed E-state index contributed by atoms with van der Waals surface area (Å²) in [6.07, 6.45) is 0.0684. The second-order valence-electron chi connectivity index (χ2n) is 4.84. The number of benzene rings is 1. The Morgan fingerprint density at radius 2 is 2.14 bits per heavy atom. The van der Waals surface area contributed by atoms with Gasteiger partial charge < -0.3 is 10.1 Å². The molecule has 0 bridgehead atoms. The molecule has 0 aliphatic heterocycles. The molecular weight excluding hydrogens is 268 g/mol. The molecule has 0 unspecified atom stereocenters. The van der Waals surface area contributed by atoms with Crippen molar-refractivity contribution in [1.29, 1.82) is 0 Å². The molecule has 0 saturated carbocycles. The Labute approximate surface area is 123 Å². The molecule has 0 radical (unpaired) electrons. The topological polar surface area (TPSA) is 79.9 Å². The number of ether oxygens (including phenoxy) is 1. The van der Waals surface area contributed by atoms with Crippen molar-refractivity contribution in [3.05, 3.63) is 41.5 Å². The van der Waals surface area contributed by atoms with Crippen molar-refractivity contribution in [3.8, 4) is 5.75 Å². The lowest BCUT2D eigenvalue weighted by Crippen LogP contribution is -2.38. The highest BCUT2D eigenvalue weighted by Gasteiger charge is 2.19. The first kappa shape index (κ1) is 15.0. The van der Waals surface area contributed by atoms with Crippen molar-refractivity contribution in [1.82, 2.24) is 20.5 Å². The van der Waals surface area contributed by atoms with E-state index in [0.29, 0.717) is 12.2 Å². The Hall–Kier alpha value is -2.37. The molecule has 21 heavy (non-hydrogen) atoms. The number of aromatic nitrogens is 3. The Bertz CT molecular complexity index is 609. The molecule has 2 aromatic rings. The molecule has 112 valence electrons. The third-order valence-corrected chi connectivity index (χ3v) is 3.09. The van der Waals surface area contributed by atoms with Gasteiger partial charge in [-0.2, -0.15) is 5.10 Å². The van der Waals surface area contributed by atoms with E-state index < -0.39 is 6.10 Å². The van der Waals surface area contributed by atoms with E-state index in [1.807, 2.05) is 45.0 Å². The first-order valence-corrected chi connectivity index (χ1v) is 6.98. The minimum atomic E-state index is -0.522. The zero-order valence-corrected chi connectivity index (χ0v) is 12.5. The Morgan fingerprint density at radius 3 is 2.76 bits per heavy atom. The molecule has 1 aromatic carbocycles. The SMILES string of the molecule is CC[C@@H](Oc1ccccc1C)C(=O)NCc1n[nH]c(C)n1. The summed E-state index contributed by atoms with van der Waals surface area (Å²) in [7, 11) is 0. The molecule has 0 saturated heterocycles. The van der Waals surface area contributed by atoms with Gasteiger partial charge in [-0.3, -0.25) is 9.89 Å². The average molecular weight is 288 g/mol. The number of hydrogen-bond acceptors (Lipinski definition) is 4. The van der Waals surface area contributed by atoms with Gasteiger partial charge in [0.1, 0.15) is 11.6 Å². The number of nitrogens with one attached hydrogen (secondary N) is 2. The molecule has 1 heterocycles. The van der Waals surface area contributed by atoms with E-state index in [1.165, 1.54) is 0 Å². The fraction of sp³-hybridized carbons (Fsp3) is 0.400. The molecule has 1 atom stereocenters. The van der Waals surface area contributed by atoms with Crippen LogP contribution in [-0.4, -0.2) is 27.2 Å². The lowest BCUT2D eigenvalue weighted by Gasteiger charge is -2.18. The largest absolute Gasteiger partial charge is 0.480 e. The number of carbonyl (C=O) groups is 1. The van der Waals surface area contributed by atoms with Crippen molar-refractivity contribution in [2.45, 2.75) is 39.8 Å². The highest BCUT2D eigenvalue weighted by Crippen LogP contribution is 2.18. The monoisotopic (exact) mass is 288 g/mol. The molecule has 0 spiro atoms. The molecule has 1 aromatic heterocycles. The summed E-state index contributed by atoms with van der Waals surface area (Å²) in [6.45, 7) is 5.97. The number of para-hydroxylation sites is 1. The maximum atomic E-state index is 12.2. The Kier molecular flexibility index (Phi) is 4.92. The van der Waals surface area contributed by atoms with E-state index >= 15 is 0 Å². The number of amides is 1. The van der Waals surface area contributed by atoms with Gasteiger partial charge in [0.15, 0.2) is 11.9 Å². The van der Waals surface area contributed by atoms with Gasteiger partial charge in [0, 0.05) is 0 Å². The average Bonchev–Trinajstić information content (AvgIpc) is 2.89. The lowest BCUT2D eigenvalue weighted by molar-refractivity contribution is -0.128. The van der Waals surface area contributed by atoms with E-state index in [4.69, 9.17) is 4.74 Å². The molecule has 2 N–H and O–H groups in total. The number of aromatic amines is 1. The van der Waals surface area contributed by atoms with Gasteiger partial charge in [-0.05, 0) is 31.9 Å². The normalized spacial score (nSPS) is 12.0. The van der Waals surface area contributed by atoms with Crippen LogP contribution in [0.2, 0.25) is 0 Å². The quantitative estimate of drug-likeness (QED) is 0.850. The van der Waals surface area contributed by atoms with Crippen molar-refractivity contribution >= 4 is 5.91 Å². The van der Waals surface area contributed by atoms with Crippen LogP contribution in [0, 0.1) is 13.8 Å². The van der Waals surface area contributed by atoms with Gasteiger partial charge in [-0.15, -0.1) is 0 Å². The predicted molar refractivity (Wildman–Crippen MR) is 78.9 cm³/mol. The zero-order valence-electron chi connectivity index (χ0n) is 12.5. The smallest absolute Gasteiger partial charge is 0.261 e. The number of hydrogen-bond donors (Lipinski definition) is 2. The molecule has 0 fully saturated rings. The maximum Gasteiger partial charge on any atom is 0.261 e. The molecule has 2 rings (SSSR count). The molecule has 6 nitrogen and oxygen atoms in total. The summed E-state index contributed by atoms with van der Waals surface area (Å²) in [4.78, 5) is 16.3. The van der Waals surface area contributed by atoms with Gasteiger partial charge in [0.25, 0.3) is 5.91 Å². The van der Waals surface area contributed by atoms with Gasteiger partial charge in [-0.1, -0.05) is 25.1 Å². The Morgan fingerprint density at radius 1 is 1.38 bits per heavy atom. The maximum absolute atomic E-state index is 12.2. The summed E-state index contributed by atoms with van der Waals surface area (Å²) in [5, 5.41) is 9.51. The van der Waals surface area contributed by atoms with E-state index in [9.17, 15) is 4.79 Å². The van der Waals surface area contributed by atoms with Crippen molar-refractivity contribution in [2.24, 2.45) is 0 Å². The fourth-order valence-electron chi connectivity index (χ4n) is 1.91. The molecule has 1 amide bonds. The predicted octanol–water partition coefficient (Wildman–Crippen LogP) is 1.90.